The SMILES string of the molecule is CC(C)c1ccc([C@](O)(c2cncc(CCC(C)(O)c3ccccn3)c2)C2(C)CN(C)C2)cc1. The summed E-state index contributed by atoms with van der Waals surface area (Å²) in [6.07, 6.45) is 6.46. The van der Waals surface area contributed by atoms with Gasteiger partial charge in [-0.3, -0.25) is 9.97 Å². The number of hydrogen-bond donors (Lipinski definition) is 2. The van der Waals surface area contributed by atoms with Gasteiger partial charge in [0.2, 0.25) is 0 Å². The molecular weight excluding hydrogens is 422 g/mol. The van der Waals surface area contributed by atoms with Gasteiger partial charge in [0, 0.05) is 42.7 Å². The fourth-order valence-electron chi connectivity index (χ4n) is 5.37. The quantitative estimate of drug-likeness (QED) is 0.514. The summed E-state index contributed by atoms with van der Waals surface area (Å²) < 4.78 is 0. The molecule has 0 aliphatic carbocycles. The van der Waals surface area contributed by atoms with Crippen LogP contribution in [0.3, 0.4) is 0 Å². The molecule has 1 aliphatic rings. The van der Waals surface area contributed by atoms with E-state index < -0.39 is 11.2 Å². The average molecular weight is 460 g/mol. The van der Waals surface area contributed by atoms with E-state index >= 15 is 0 Å². The molecule has 5 heteroatoms. The van der Waals surface area contributed by atoms with Gasteiger partial charge in [-0.05, 0) is 67.6 Å². The molecule has 0 spiro atoms. The third-order valence-electron chi connectivity index (χ3n) is 7.44. The third kappa shape index (κ3) is 4.52. The van der Waals surface area contributed by atoms with Gasteiger partial charge in [0.25, 0.3) is 0 Å². The lowest BCUT2D eigenvalue weighted by molar-refractivity contribution is -0.127. The highest BCUT2D eigenvalue weighted by atomic mass is 16.3. The molecule has 3 heterocycles. The minimum Gasteiger partial charge on any atom is -0.384 e. The molecule has 0 bridgehead atoms. The van der Waals surface area contributed by atoms with Gasteiger partial charge < -0.3 is 15.1 Å². The smallest absolute Gasteiger partial charge is 0.124 e. The number of hydrogen-bond acceptors (Lipinski definition) is 5. The molecule has 1 saturated heterocycles. The summed E-state index contributed by atoms with van der Waals surface area (Å²) in [6.45, 7) is 9.90. The highest BCUT2D eigenvalue weighted by Crippen LogP contribution is 2.50. The number of likely N-dealkylation sites (tertiary alicyclic amines) is 1. The van der Waals surface area contributed by atoms with E-state index in [9.17, 15) is 10.2 Å². The molecule has 1 fully saturated rings. The number of pyridine rings is 2. The minimum atomic E-state index is -1.17. The first-order valence-corrected chi connectivity index (χ1v) is 12.1. The molecule has 0 radical (unpaired) electrons. The first kappa shape index (κ1) is 24.5. The molecule has 0 amide bonds. The summed E-state index contributed by atoms with van der Waals surface area (Å²) in [5, 5.41) is 23.4. The maximum atomic E-state index is 12.4. The van der Waals surface area contributed by atoms with Crippen molar-refractivity contribution in [3.05, 3.63) is 95.1 Å². The van der Waals surface area contributed by atoms with E-state index in [-0.39, 0.29) is 5.41 Å². The van der Waals surface area contributed by atoms with Crippen LogP contribution in [0.2, 0.25) is 0 Å². The molecule has 5 nitrogen and oxygen atoms in total. The first-order chi connectivity index (χ1) is 16.0. The van der Waals surface area contributed by atoms with Crippen LogP contribution in [0.25, 0.3) is 0 Å². The molecule has 0 saturated carbocycles. The molecule has 4 rings (SSSR count). The second-order valence-corrected chi connectivity index (χ2v) is 10.8. The number of nitrogens with zero attached hydrogens (tertiary/aromatic N) is 3. The molecule has 34 heavy (non-hydrogen) atoms. The van der Waals surface area contributed by atoms with Crippen LogP contribution in [0, 0.1) is 5.41 Å². The van der Waals surface area contributed by atoms with Crippen molar-refractivity contribution < 1.29 is 10.2 Å². The molecule has 2 atom stereocenters. The van der Waals surface area contributed by atoms with Gasteiger partial charge >= 0.3 is 0 Å². The number of rotatable bonds is 8. The molecule has 1 aliphatic heterocycles. The standard InChI is InChI=1S/C29H37N3O2/c1-21(2)23-9-11-24(12-10-23)29(34,27(3)19-32(5)20-27)25-16-22(17-30-18-25)13-14-28(4,33)26-8-6-7-15-31-26/h6-12,15-18,21,33-34H,13-14,19-20H2,1-5H3/t28?,29-/m0/s1. The minimum absolute atomic E-state index is 0.332. The zero-order chi connectivity index (χ0) is 24.6. The van der Waals surface area contributed by atoms with Crippen molar-refractivity contribution in [3.63, 3.8) is 0 Å². The predicted octanol–water partition coefficient (Wildman–Crippen LogP) is 4.63. The van der Waals surface area contributed by atoms with Crippen LogP contribution in [0.1, 0.15) is 68.0 Å². The molecule has 180 valence electrons. The van der Waals surface area contributed by atoms with Crippen molar-refractivity contribution in [2.45, 2.75) is 57.7 Å². The molecule has 3 aromatic rings. The van der Waals surface area contributed by atoms with Crippen LogP contribution in [-0.4, -0.2) is 45.2 Å². The van der Waals surface area contributed by atoms with Crippen LogP contribution in [0.5, 0.6) is 0 Å². The first-order valence-electron chi connectivity index (χ1n) is 12.1. The summed E-state index contributed by atoms with van der Waals surface area (Å²) in [7, 11) is 2.08. The average Bonchev–Trinajstić information content (AvgIpc) is 2.82. The van der Waals surface area contributed by atoms with Crippen LogP contribution in [-0.2, 0) is 17.6 Å². The molecule has 2 aromatic heterocycles. The van der Waals surface area contributed by atoms with Gasteiger partial charge in [0.1, 0.15) is 11.2 Å². The van der Waals surface area contributed by atoms with Crippen LogP contribution < -0.4 is 0 Å². The zero-order valence-electron chi connectivity index (χ0n) is 21.0. The number of aliphatic hydroxyl groups is 2. The lowest BCUT2D eigenvalue weighted by Gasteiger charge is -2.56. The highest BCUT2D eigenvalue weighted by molar-refractivity contribution is 5.42. The van der Waals surface area contributed by atoms with Crippen molar-refractivity contribution in [2.24, 2.45) is 5.41 Å². The number of benzene rings is 1. The van der Waals surface area contributed by atoms with Crippen molar-refractivity contribution in [1.82, 2.24) is 14.9 Å². The van der Waals surface area contributed by atoms with Gasteiger partial charge in [-0.2, -0.15) is 0 Å². The highest BCUT2D eigenvalue weighted by Gasteiger charge is 2.55. The van der Waals surface area contributed by atoms with E-state index in [1.807, 2.05) is 24.4 Å². The fraction of sp³-hybridized carbons (Fsp3) is 0.448. The van der Waals surface area contributed by atoms with Gasteiger partial charge in [-0.25, -0.2) is 0 Å². The Bertz CT molecular complexity index is 1110. The topological polar surface area (TPSA) is 69.5 Å². The van der Waals surface area contributed by atoms with Crippen molar-refractivity contribution in [2.75, 3.05) is 20.1 Å². The summed E-state index contributed by atoms with van der Waals surface area (Å²) in [5.74, 6) is 0.435. The van der Waals surface area contributed by atoms with Gasteiger partial charge in [-0.1, -0.05) is 51.1 Å². The maximum absolute atomic E-state index is 12.4. The number of aryl methyl sites for hydroxylation is 1. The van der Waals surface area contributed by atoms with E-state index in [0.717, 1.165) is 29.8 Å². The van der Waals surface area contributed by atoms with E-state index in [0.29, 0.717) is 24.5 Å². The Labute approximate surface area is 203 Å². The number of aromatic nitrogens is 2. The van der Waals surface area contributed by atoms with E-state index in [1.54, 1.807) is 19.3 Å². The van der Waals surface area contributed by atoms with Gasteiger partial charge in [0.05, 0.1) is 5.69 Å². The second kappa shape index (κ2) is 9.21. The Kier molecular flexibility index (Phi) is 6.65. The monoisotopic (exact) mass is 459 g/mol. The Morgan fingerprint density at radius 1 is 1.03 bits per heavy atom. The Morgan fingerprint density at radius 2 is 1.74 bits per heavy atom. The molecule has 1 unspecified atom stereocenters. The fourth-order valence-corrected chi connectivity index (χ4v) is 5.37. The molecular formula is C29H37N3O2. The van der Waals surface area contributed by atoms with E-state index in [2.05, 4.69) is 73.0 Å². The van der Waals surface area contributed by atoms with Crippen molar-refractivity contribution in [3.8, 4) is 0 Å². The Balaban J connectivity index is 1.66. The summed E-state index contributed by atoms with van der Waals surface area (Å²) in [6, 6.07) is 16.0. The Morgan fingerprint density at radius 3 is 2.32 bits per heavy atom. The van der Waals surface area contributed by atoms with Crippen molar-refractivity contribution in [1.29, 1.82) is 0 Å². The lowest BCUT2D eigenvalue weighted by atomic mass is 9.62. The summed E-state index contributed by atoms with van der Waals surface area (Å²) >= 11 is 0. The summed E-state index contributed by atoms with van der Waals surface area (Å²) in [4.78, 5) is 11.1. The lowest BCUT2D eigenvalue weighted by Crippen LogP contribution is -2.63. The normalized spacial score (nSPS) is 19.3. The van der Waals surface area contributed by atoms with Crippen molar-refractivity contribution >= 4 is 0 Å². The largest absolute Gasteiger partial charge is 0.384 e. The van der Waals surface area contributed by atoms with E-state index in [1.165, 1.54) is 5.56 Å². The Hall–Kier alpha value is -2.60. The molecule has 1 aromatic carbocycles. The maximum Gasteiger partial charge on any atom is 0.124 e. The predicted molar refractivity (Wildman–Crippen MR) is 135 cm³/mol. The zero-order valence-corrected chi connectivity index (χ0v) is 21.0. The van der Waals surface area contributed by atoms with Gasteiger partial charge in [-0.15, -0.1) is 0 Å². The van der Waals surface area contributed by atoms with E-state index in [4.69, 9.17) is 0 Å². The van der Waals surface area contributed by atoms with Crippen LogP contribution >= 0.6 is 0 Å². The summed E-state index contributed by atoms with van der Waals surface area (Å²) in [5.41, 5.74) is 2.06. The molecule has 2 N–H and O–H groups in total. The van der Waals surface area contributed by atoms with Crippen LogP contribution in [0.15, 0.2) is 67.1 Å². The third-order valence-corrected chi connectivity index (χ3v) is 7.44. The second-order valence-electron chi connectivity index (χ2n) is 10.8. The van der Waals surface area contributed by atoms with Crippen LogP contribution in [0.4, 0.5) is 0 Å². The van der Waals surface area contributed by atoms with Gasteiger partial charge in [0.15, 0.2) is 0 Å².